The van der Waals surface area contributed by atoms with Crippen LogP contribution < -0.4 is 5.32 Å². The number of methoxy groups -OCH3 is 1. The fraction of sp³-hybridized carbons (Fsp3) is 1.00. The van der Waals surface area contributed by atoms with Gasteiger partial charge in [-0.05, 0) is 32.1 Å². The Morgan fingerprint density at radius 1 is 1.26 bits per heavy atom. The third kappa shape index (κ3) is 4.17. The minimum Gasteiger partial charge on any atom is -0.380 e. The smallest absolute Gasteiger partial charge is 0.0670 e. The van der Waals surface area contributed by atoms with Crippen molar-refractivity contribution < 1.29 is 4.74 Å². The lowest BCUT2D eigenvalue weighted by Gasteiger charge is -2.44. The topological polar surface area (TPSA) is 24.5 Å². The van der Waals surface area contributed by atoms with E-state index in [-0.39, 0.29) is 0 Å². The molecule has 3 atom stereocenters. The van der Waals surface area contributed by atoms with Crippen LogP contribution in [0.2, 0.25) is 0 Å². The van der Waals surface area contributed by atoms with Gasteiger partial charge in [-0.1, -0.05) is 26.2 Å². The Kier molecular flexibility index (Phi) is 6.11. The van der Waals surface area contributed by atoms with Gasteiger partial charge in [-0.15, -0.1) is 0 Å². The van der Waals surface area contributed by atoms with Crippen molar-refractivity contribution in [3.05, 3.63) is 0 Å². The molecule has 0 radical (unpaired) electrons. The van der Waals surface area contributed by atoms with E-state index in [1.54, 1.807) is 0 Å². The number of nitrogens with zero attached hydrogens (tertiary/aromatic N) is 1. The van der Waals surface area contributed by atoms with Crippen molar-refractivity contribution in [1.82, 2.24) is 10.2 Å². The number of rotatable bonds is 5. The molecule has 1 N–H and O–H groups in total. The molecule has 1 saturated carbocycles. The number of piperazine rings is 1. The summed E-state index contributed by atoms with van der Waals surface area (Å²) in [6.45, 7) is 7.95. The summed E-state index contributed by atoms with van der Waals surface area (Å²) in [6.07, 6.45) is 8.78. The van der Waals surface area contributed by atoms with Crippen LogP contribution in [-0.4, -0.2) is 49.8 Å². The number of ether oxygens (including phenoxy) is 1. The third-order valence-electron chi connectivity index (χ3n) is 5.15. The number of nitrogens with one attached hydrogen (secondary N) is 1. The van der Waals surface area contributed by atoms with E-state index in [4.69, 9.17) is 4.74 Å². The van der Waals surface area contributed by atoms with Crippen LogP contribution in [0.25, 0.3) is 0 Å². The predicted molar refractivity (Wildman–Crippen MR) is 80.5 cm³/mol. The fourth-order valence-corrected chi connectivity index (χ4v) is 3.77. The zero-order chi connectivity index (χ0) is 13.7. The average Bonchev–Trinajstić information content (AvgIpc) is 2.48. The van der Waals surface area contributed by atoms with Crippen molar-refractivity contribution in [1.29, 1.82) is 0 Å². The van der Waals surface area contributed by atoms with Crippen LogP contribution in [-0.2, 0) is 4.74 Å². The van der Waals surface area contributed by atoms with E-state index >= 15 is 0 Å². The first kappa shape index (κ1) is 15.3. The minimum absolute atomic E-state index is 0.346. The molecule has 1 aliphatic heterocycles. The van der Waals surface area contributed by atoms with Gasteiger partial charge in [0, 0.05) is 38.8 Å². The highest BCUT2D eigenvalue weighted by Crippen LogP contribution is 2.28. The van der Waals surface area contributed by atoms with Crippen LogP contribution in [0, 0.1) is 5.92 Å². The second kappa shape index (κ2) is 7.61. The SMILES string of the molecule is CCC1CNC(C2CCCCC2)CN1CC(C)OC. The van der Waals surface area contributed by atoms with Crippen molar-refractivity contribution in [2.45, 2.75) is 70.6 Å². The molecular formula is C16H32N2O. The molecule has 2 rings (SSSR count). The Balaban J connectivity index is 1.90. The Labute approximate surface area is 119 Å². The summed E-state index contributed by atoms with van der Waals surface area (Å²) >= 11 is 0. The summed E-state index contributed by atoms with van der Waals surface area (Å²) < 4.78 is 5.46. The molecule has 3 unspecified atom stereocenters. The molecule has 0 spiro atoms. The van der Waals surface area contributed by atoms with E-state index in [1.807, 2.05) is 7.11 Å². The van der Waals surface area contributed by atoms with Crippen molar-refractivity contribution >= 4 is 0 Å². The molecule has 0 amide bonds. The molecule has 3 nitrogen and oxygen atoms in total. The molecule has 0 aromatic carbocycles. The summed E-state index contributed by atoms with van der Waals surface area (Å²) in [6, 6.07) is 1.41. The van der Waals surface area contributed by atoms with E-state index in [0.29, 0.717) is 18.2 Å². The van der Waals surface area contributed by atoms with Gasteiger partial charge < -0.3 is 10.1 Å². The van der Waals surface area contributed by atoms with E-state index in [9.17, 15) is 0 Å². The quantitative estimate of drug-likeness (QED) is 0.829. The van der Waals surface area contributed by atoms with Crippen molar-refractivity contribution in [3.8, 4) is 0 Å². The highest BCUT2D eigenvalue weighted by atomic mass is 16.5. The predicted octanol–water partition coefficient (Wildman–Crippen LogP) is 2.65. The molecular weight excluding hydrogens is 236 g/mol. The molecule has 1 saturated heterocycles. The van der Waals surface area contributed by atoms with Crippen LogP contribution in [0.15, 0.2) is 0 Å². The molecule has 2 fully saturated rings. The summed E-state index contributed by atoms with van der Waals surface area (Å²) in [5.41, 5.74) is 0. The molecule has 1 aliphatic carbocycles. The molecule has 19 heavy (non-hydrogen) atoms. The molecule has 2 aliphatic rings. The Bertz CT molecular complexity index is 253. The first-order valence-electron chi connectivity index (χ1n) is 8.24. The second-order valence-electron chi connectivity index (χ2n) is 6.48. The van der Waals surface area contributed by atoms with Gasteiger partial charge in [0.2, 0.25) is 0 Å². The van der Waals surface area contributed by atoms with Crippen molar-refractivity contribution in [2.75, 3.05) is 26.7 Å². The second-order valence-corrected chi connectivity index (χ2v) is 6.48. The summed E-state index contributed by atoms with van der Waals surface area (Å²) in [7, 11) is 1.83. The van der Waals surface area contributed by atoms with Gasteiger partial charge in [0.25, 0.3) is 0 Å². The van der Waals surface area contributed by atoms with E-state index in [2.05, 4.69) is 24.1 Å². The van der Waals surface area contributed by atoms with Crippen LogP contribution in [0.4, 0.5) is 0 Å². The highest BCUT2D eigenvalue weighted by Gasteiger charge is 2.32. The molecule has 0 bridgehead atoms. The van der Waals surface area contributed by atoms with Crippen LogP contribution in [0.1, 0.15) is 52.4 Å². The normalized spacial score (nSPS) is 32.4. The van der Waals surface area contributed by atoms with Gasteiger partial charge in [-0.3, -0.25) is 4.90 Å². The molecule has 3 heteroatoms. The lowest BCUT2D eigenvalue weighted by molar-refractivity contribution is 0.0297. The summed E-state index contributed by atoms with van der Waals surface area (Å²) in [4.78, 5) is 2.67. The third-order valence-corrected chi connectivity index (χ3v) is 5.15. The Hall–Kier alpha value is -0.120. The maximum atomic E-state index is 5.46. The lowest BCUT2D eigenvalue weighted by Crippen LogP contribution is -2.59. The van der Waals surface area contributed by atoms with Crippen LogP contribution >= 0.6 is 0 Å². The maximum Gasteiger partial charge on any atom is 0.0670 e. The average molecular weight is 268 g/mol. The Morgan fingerprint density at radius 2 is 2.00 bits per heavy atom. The Morgan fingerprint density at radius 3 is 2.63 bits per heavy atom. The maximum absolute atomic E-state index is 5.46. The lowest BCUT2D eigenvalue weighted by atomic mass is 9.82. The molecule has 0 aromatic rings. The minimum atomic E-state index is 0.346. The highest BCUT2D eigenvalue weighted by molar-refractivity contribution is 4.90. The van der Waals surface area contributed by atoms with Crippen LogP contribution in [0.3, 0.4) is 0 Å². The zero-order valence-electron chi connectivity index (χ0n) is 13.0. The van der Waals surface area contributed by atoms with E-state index in [1.165, 1.54) is 45.1 Å². The molecule has 1 heterocycles. The van der Waals surface area contributed by atoms with Crippen molar-refractivity contribution in [3.63, 3.8) is 0 Å². The monoisotopic (exact) mass is 268 g/mol. The van der Waals surface area contributed by atoms with Gasteiger partial charge in [0.15, 0.2) is 0 Å². The fourth-order valence-electron chi connectivity index (χ4n) is 3.77. The van der Waals surface area contributed by atoms with Gasteiger partial charge in [-0.25, -0.2) is 0 Å². The van der Waals surface area contributed by atoms with E-state index in [0.717, 1.165) is 19.0 Å². The van der Waals surface area contributed by atoms with Gasteiger partial charge >= 0.3 is 0 Å². The standard InChI is InChI=1S/C16H32N2O/c1-4-15-10-17-16(14-8-6-5-7-9-14)12-18(15)11-13(2)19-3/h13-17H,4-12H2,1-3H3. The summed E-state index contributed by atoms with van der Waals surface area (Å²) in [5.74, 6) is 0.909. The summed E-state index contributed by atoms with van der Waals surface area (Å²) in [5, 5.41) is 3.83. The molecule has 0 aromatic heterocycles. The van der Waals surface area contributed by atoms with Gasteiger partial charge in [0.05, 0.1) is 6.10 Å². The van der Waals surface area contributed by atoms with E-state index < -0.39 is 0 Å². The largest absolute Gasteiger partial charge is 0.380 e. The number of hydrogen-bond acceptors (Lipinski definition) is 3. The first-order chi connectivity index (χ1) is 9.24. The number of hydrogen-bond donors (Lipinski definition) is 1. The van der Waals surface area contributed by atoms with Crippen LogP contribution in [0.5, 0.6) is 0 Å². The first-order valence-corrected chi connectivity index (χ1v) is 8.24. The van der Waals surface area contributed by atoms with Gasteiger partial charge in [0.1, 0.15) is 0 Å². The zero-order valence-corrected chi connectivity index (χ0v) is 13.0. The molecule has 112 valence electrons. The van der Waals surface area contributed by atoms with Crippen molar-refractivity contribution in [2.24, 2.45) is 5.92 Å². The van der Waals surface area contributed by atoms with Gasteiger partial charge in [-0.2, -0.15) is 0 Å².